The summed E-state index contributed by atoms with van der Waals surface area (Å²) < 4.78 is 14.3. The van der Waals surface area contributed by atoms with E-state index in [0.717, 1.165) is 44.6 Å². The van der Waals surface area contributed by atoms with Crippen molar-refractivity contribution in [3.63, 3.8) is 0 Å². The minimum absolute atomic E-state index is 0. The van der Waals surface area contributed by atoms with Gasteiger partial charge in [-0.05, 0) is 75.8 Å². The lowest BCUT2D eigenvalue weighted by Crippen LogP contribution is -2.63. The molecule has 1 saturated heterocycles. The maximum atomic E-state index is 14.3. The summed E-state index contributed by atoms with van der Waals surface area (Å²) in [5.74, 6) is 0.439. The Morgan fingerprint density at radius 1 is 1.10 bits per heavy atom. The number of hydrogen-bond donors (Lipinski definition) is 2. The van der Waals surface area contributed by atoms with E-state index in [1.54, 1.807) is 11.0 Å². The highest BCUT2D eigenvalue weighted by molar-refractivity contribution is 6.16. The molecule has 0 radical (unpaired) electrons. The van der Waals surface area contributed by atoms with Crippen LogP contribution in [0.1, 0.15) is 76.8 Å². The molecule has 3 aliphatic heterocycles. The summed E-state index contributed by atoms with van der Waals surface area (Å²) in [5.41, 5.74) is 3.60. The summed E-state index contributed by atoms with van der Waals surface area (Å²) in [6.45, 7) is 8.27. The highest BCUT2D eigenvalue weighted by Gasteiger charge is 2.54. The van der Waals surface area contributed by atoms with Crippen LogP contribution in [0.2, 0.25) is 0 Å². The molecular weight excluding hydrogens is 560 g/mol. The molecule has 6 nitrogen and oxygen atoms in total. The van der Waals surface area contributed by atoms with Crippen molar-refractivity contribution >= 4 is 54.1 Å². The molecule has 2 aromatic carbocycles. The molecule has 0 bridgehead atoms. The number of carbonyl (C=O) groups is 1. The molecule has 1 aliphatic carbocycles. The van der Waals surface area contributed by atoms with Crippen molar-refractivity contribution in [2.45, 2.75) is 95.4 Å². The number of nitrogens with one attached hydrogen (secondary N) is 2. The number of carbonyl (C=O) groups excluding carboxylic acids is 1. The largest absolute Gasteiger partial charge is 0.376 e. The van der Waals surface area contributed by atoms with Crippen molar-refractivity contribution in [1.82, 2.24) is 10.2 Å². The van der Waals surface area contributed by atoms with Gasteiger partial charge in [0.25, 0.3) is 0 Å². The van der Waals surface area contributed by atoms with Gasteiger partial charge in [-0.15, -0.1) is 24.8 Å². The predicted octanol–water partition coefficient (Wildman–Crippen LogP) is 7.57. The van der Waals surface area contributed by atoms with Gasteiger partial charge in [-0.3, -0.25) is 9.80 Å². The number of nitrogens with zero attached hydrogens (tertiary/aromatic N) is 3. The Labute approximate surface area is 255 Å². The average Bonchev–Trinajstić information content (AvgIpc) is 3.16. The second kappa shape index (κ2) is 12.3. The van der Waals surface area contributed by atoms with Gasteiger partial charge in [0.05, 0.1) is 5.54 Å². The maximum Gasteiger partial charge on any atom is 0.350 e. The number of aliphatic imine (C=N–C) groups is 1. The van der Waals surface area contributed by atoms with Crippen LogP contribution in [-0.2, 0) is 6.54 Å². The summed E-state index contributed by atoms with van der Waals surface area (Å²) in [6, 6.07) is 13.1. The molecular formula is C32H42Cl2FN5O. The number of fused-ring (bicyclic) bond motifs is 1. The van der Waals surface area contributed by atoms with E-state index in [0.29, 0.717) is 11.7 Å². The van der Waals surface area contributed by atoms with E-state index in [4.69, 9.17) is 0 Å². The van der Waals surface area contributed by atoms with E-state index in [9.17, 15) is 9.18 Å². The van der Waals surface area contributed by atoms with Crippen molar-refractivity contribution < 1.29 is 9.18 Å². The number of amidine groups is 1. The van der Waals surface area contributed by atoms with Crippen molar-refractivity contribution in [1.29, 1.82) is 0 Å². The standard InChI is InChI=1S/C32H40FN5O.2ClH/c1-22-20-32(17-18-37(22)21-24-10-7-9-23-15-16-31(2,3)36-28(23)24)29(34-26-12-5-4-6-13-26)35-30(39)38(32)27-14-8-11-25(33)19-27;;/h7-11,14-16,19,22,26,36H,4-6,12-13,17-18,20-21H2,1-3H3,(H,34,35,39);2*1H/t22-,32+;;/m0../s1. The third-order valence-electron chi connectivity index (χ3n) is 9.03. The number of benzene rings is 2. The van der Waals surface area contributed by atoms with Gasteiger partial charge in [-0.2, -0.15) is 4.99 Å². The molecule has 2 aromatic rings. The van der Waals surface area contributed by atoms with Crippen LogP contribution in [-0.4, -0.2) is 46.5 Å². The third-order valence-corrected chi connectivity index (χ3v) is 9.03. The topological polar surface area (TPSA) is 60.0 Å². The summed E-state index contributed by atoms with van der Waals surface area (Å²) in [5, 5.41) is 7.43. The molecule has 2 atom stereocenters. The van der Waals surface area contributed by atoms with E-state index in [-0.39, 0.29) is 48.2 Å². The Hall–Kier alpha value is -2.61. The molecule has 6 rings (SSSR count). The van der Waals surface area contributed by atoms with Crippen LogP contribution < -0.4 is 15.5 Å². The molecule has 9 heteroatoms. The number of piperidine rings is 1. The van der Waals surface area contributed by atoms with E-state index in [1.807, 2.05) is 6.07 Å². The van der Waals surface area contributed by atoms with Crippen LogP contribution in [0.3, 0.4) is 0 Å². The van der Waals surface area contributed by atoms with E-state index < -0.39 is 5.54 Å². The molecule has 4 aliphatic rings. The van der Waals surface area contributed by atoms with Gasteiger partial charge < -0.3 is 10.6 Å². The van der Waals surface area contributed by atoms with Crippen molar-refractivity contribution in [3.05, 3.63) is 65.5 Å². The Morgan fingerprint density at radius 3 is 2.59 bits per heavy atom. The van der Waals surface area contributed by atoms with Gasteiger partial charge in [0.1, 0.15) is 17.2 Å². The van der Waals surface area contributed by atoms with Gasteiger partial charge in [0.15, 0.2) is 0 Å². The first-order valence-electron chi connectivity index (χ1n) is 14.5. The predicted molar refractivity (Wildman–Crippen MR) is 171 cm³/mol. The van der Waals surface area contributed by atoms with Gasteiger partial charge in [-0.1, -0.05) is 55.7 Å². The first-order chi connectivity index (χ1) is 18.7. The molecule has 2 amide bonds. The van der Waals surface area contributed by atoms with Crippen molar-refractivity contribution in [2.75, 3.05) is 16.8 Å². The number of anilines is 2. The number of likely N-dealkylation sites (tertiary alicyclic amines) is 1. The fourth-order valence-electron chi connectivity index (χ4n) is 6.96. The van der Waals surface area contributed by atoms with Gasteiger partial charge in [0.2, 0.25) is 0 Å². The van der Waals surface area contributed by atoms with Crippen LogP contribution in [0.25, 0.3) is 6.08 Å². The summed E-state index contributed by atoms with van der Waals surface area (Å²) in [7, 11) is 0. The van der Waals surface area contributed by atoms with Gasteiger partial charge >= 0.3 is 6.03 Å². The van der Waals surface area contributed by atoms with Crippen molar-refractivity contribution in [3.8, 4) is 0 Å². The molecule has 1 spiro atoms. The smallest absolute Gasteiger partial charge is 0.350 e. The zero-order chi connectivity index (χ0) is 27.2. The Balaban J connectivity index is 0.00000194. The third kappa shape index (κ3) is 6.13. The number of halogens is 3. The molecule has 0 unspecified atom stereocenters. The highest BCUT2D eigenvalue weighted by Crippen LogP contribution is 2.42. The highest BCUT2D eigenvalue weighted by atomic mass is 35.5. The monoisotopic (exact) mass is 601 g/mol. The quantitative estimate of drug-likeness (QED) is 0.379. The Kier molecular flexibility index (Phi) is 9.42. The SMILES string of the molecule is C[C@H]1C[C@]2(CCN1Cc1cccc3c1NC(C)(C)C=C3)C(NC1CCCCC1)=NC(=O)N2c1cccc(F)c1.Cl.Cl. The van der Waals surface area contributed by atoms with Crippen LogP contribution in [0.5, 0.6) is 0 Å². The van der Waals surface area contributed by atoms with Gasteiger partial charge in [-0.25, -0.2) is 9.18 Å². The normalized spacial score (nSPS) is 25.6. The summed E-state index contributed by atoms with van der Waals surface area (Å²) in [4.78, 5) is 22.3. The van der Waals surface area contributed by atoms with Crippen molar-refractivity contribution in [2.24, 2.45) is 4.99 Å². The minimum Gasteiger partial charge on any atom is -0.376 e. The minimum atomic E-state index is -0.600. The molecule has 3 heterocycles. The first-order valence-corrected chi connectivity index (χ1v) is 14.5. The van der Waals surface area contributed by atoms with Crippen LogP contribution in [0.4, 0.5) is 20.6 Å². The molecule has 0 aromatic heterocycles. The first kappa shape index (κ1) is 31.3. The number of amides is 2. The lowest BCUT2D eigenvalue weighted by Gasteiger charge is -2.49. The fourth-order valence-corrected chi connectivity index (χ4v) is 6.96. The van der Waals surface area contributed by atoms with E-state index >= 15 is 0 Å². The van der Waals surface area contributed by atoms with Crippen LogP contribution in [0, 0.1) is 5.82 Å². The fraction of sp³-hybridized carbons (Fsp3) is 0.500. The zero-order valence-electron chi connectivity index (χ0n) is 24.2. The molecule has 2 fully saturated rings. The number of hydrogen-bond acceptors (Lipinski definition) is 4. The second-order valence-corrected chi connectivity index (χ2v) is 12.4. The zero-order valence-corrected chi connectivity index (χ0v) is 25.8. The Bertz CT molecular complexity index is 1320. The second-order valence-electron chi connectivity index (χ2n) is 12.4. The van der Waals surface area contributed by atoms with Crippen LogP contribution >= 0.6 is 24.8 Å². The lowest BCUT2D eigenvalue weighted by molar-refractivity contribution is 0.122. The Morgan fingerprint density at radius 2 is 1.85 bits per heavy atom. The maximum absolute atomic E-state index is 14.3. The number of rotatable bonds is 4. The van der Waals surface area contributed by atoms with E-state index in [1.165, 1.54) is 48.2 Å². The number of para-hydroxylation sites is 1. The average molecular weight is 603 g/mol. The molecule has 41 heavy (non-hydrogen) atoms. The van der Waals surface area contributed by atoms with Gasteiger partial charge in [0, 0.05) is 36.5 Å². The molecule has 1 saturated carbocycles. The van der Waals surface area contributed by atoms with Crippen LogP contribution in [0.15, 0.2) is 53.5 Å². The lowest BCUT2D eigenvalue weighted by atomic mass is 9.80. The number of urea groups is 1. The summed E-state index contributed by atoms with van der Waals surface area (Å²) in [6.07, 6.45) is 11.8. The molecule has 2 N–H and O–H groups in total. The van der Waals surface area contributed by atoms with E-state index in [2.05, 4.69) is 71.6 Å². The molecule has 222 valence electrons. The summed E-state index contributed by atoms with van der Waals surface area (Å²) >= 11 is 0.